The van der Waals surface area contributed by atoms with Gasteiger partial charge in [0.05, 0.1) is 17.3 Å². The van der Waals surface area contributed by atoms with E-state index < -0.39 is 6.10 Å². The Labute approximate surface area is 166 Å². The minimum absolute atomic E-state index is 0.294. The molecule has 2 heterocycles. The highest BCUT2D eigenvalue weighted by molar-refractivity contribution is 6.32. The maximum Gasteiger partial charge on any atom is 0.339 e. The Hall–Kier alpha value is -2.86. The lowest BCUT2D eigenvalue weighted by Crippen LogP contribution is -2.36. The first-order valence-electron chi connectivity index (χ1n) is 9.15. The number of halogens is 1. The van der Waals surface area contributed by atoms with Crippen LogP contribution in [0.5, 0.6) is 5.75 Å². The van der Waals surface area contributed by atoms with Crippen LogP contribution >= 0.6 is 11.6 Å². The molecule has 1 N–H and O–H groups in total. The molecule has 144 valence electrons. The van der Waals surface area contributed by atoms with Crippen LogP contribution in [0.4, 0.5) is 0 Å². The lowest BCUT2D eigenvalue weighted by molar-refractivity contribution is -0.127. The smallest absolute Gasteiger partial charge is 0.339 e. The largest absolute Gasteiger partial charge is 0.479 e. The van der Waals surface area contributed by atoms with E-state index in [4.69, 9.17) is 20.8 Å². The van der Waals surface area contributed by atoms with Crippen LogP contribution in [-0.2, 0) is 24.2 Å². The van der Waals surface area contributed by atoms with E-state index in [-0.39, 0.29) is 11.5 Å². The first-order chi connectivity index (χ1) is 13.5. The first kappa shape index (κ1) is 18.5. The third kappa shape index (κ3) is 3.60. The van der Waals surface area contributed by atoms with E-state index in [0.29, 0.717) is 22.9 Å². The second-order valence-corrected chi connectivity index (χ2v) is 7.19. The topological polar surface area (TPSA) is 81.4 Å². The fraction of sp³-hybridized carbons (Fsp3) is 0.286. The zero-order valence-electron chi connectivity index (χ0n) is 15.3. The van der Waals surface area contributed by atoms with Crippen LogP contribution in [0, 0.1) is 0 Å². The highest BCUT2D eigenvalue weighted by atomic mass is 35.5. The molecule has 0 radical (unpaired) electrons. The summed E-state index contributed by atoms with van der Waals surface area (Å²) in [6.07, 6.45) is 3.39. The van der Waals surface area contributed by atoms with Crippen molar-refractivity contribution < 1.29 is 13.9 Å². The fourth-order valence-electron chi connectivity index (χ4n) is 3.44. The van der Waals surface area contributed by atoms with Crippen molar-refractivity contribution in [1.82, 2.24) is 10.3 Å². The van der Waals surface area contributed by atoms with Crippen molar-refractivity contribution in [2.45, 2.75) is 38.8 Å². The molecule has 7 heteroatoms. The van der Waals surface area contributed by atoms with Gasteiger partial charge in [0.1, 0.15) is 11.3 Å². The molecule has 0 spiro atoms. The lowest BCUT2D eigenvalue weighted by Gasteiger charge is -2.16. The molecule has 4 rings (SSSR count). The summed E-state index contributed by atoms with van der Waals surface area (Å²) in [5, 5.41) is 3.98. The van der Waals surface area contributed by atoms with Gasteiger partial charge >= 0.3 is 5.63 Å². The quantitative estimate of drug-likeness (QED) is 0.666. The number of nitrogens with one attached hydrogen (secondary N) is 1. The summed E-state index contributed by atoms with van der Waals surface area (Å²) in [7, 11) is 0. The summed E-state index contributed by atoms with van der Waals surface area (Å²) in [4.78, 5) is 28.6. The molecular formula is C21H19ClN2O4. The van der Waals surface area contributed by atoms with Crippen LogP contribution in [-0.4, -0.2) is 17.0 Å². The highest BCUT2D eigenvalue weighted by Gasteiger charge is 2.22. The standard InChI is InChI=1S/C21H19ClN2O4/c1-12(20(25)24-11-13-5-2-3-8-23-13)27-19-10-18-16(9-17(19)22)14-6-4-7-15(14)21(26)28-18/h2-3,5,8-10,12H,4,6-7,11H2,1H3,(H,24,25)/t12-/m1/s1. The average Bonchev–Trinajstić information content (AvgIpc) is 3.19. The molecule has 0 unspecified atom stereocenters. The van der Waals surface area contributed by atoms with Crippen molar-refractivity contribution in [3.8, 4) is 5.75 Å². The van der Waals surface area contributed by atoms with E-state index >= 15 is 0 Å². The van der Waals surface area contributed by atoms with Crippen molar-refractivity contribution in [1.29, 1.82) is 0 Å². The minimum Gasteiger partial charge on any atom is -0.479 e. The summed E-state index contributed by atoms with van der Waals surface area (Å²) in [5.74, 6) is 0.00738. The predicted molar refractivity (Wildman–Crippen MR) is 106 cm³/mol. The van der Waals surface area contributed by atoms with Gasteiger partial charge in [0, 0.05) is 23.2 Å². The van der Waals surface area contributed by atoms with Crippen LogP contribution in [0.1, 0.15) is 30.2 Å². The van der Waals surface area contributed by atoms with E-state index in [1.54, 1.807) is 25.3 Å². The van der Waals surface area contributed by atoms with Gasteiger partial charge in [-0.25, -0.2) is 4.79 Å². The van der Waals surface area contributed by atoms with Gasteiger partial charge in [0.25, 0.3) is 5.91 Å². The summed E-state index contributed by atoms with van der Waals surface area (Å²) >= 11 is 6.38. The second kappa shape index (κ2) is 7.64. The average molecular weight is 399 g/mol. The molecule has 0 bridgehead atoms. The third-order valence-electron chi connectivity index (χ3n) is 4.87. The van der Waals surface area contributed by atoms with Gasteiger partial charge < -0.3 is 14.5 Å². The number of pyridine rings is 1. The van der Waals surface area contributed by atoms with Crippen LogP contribution in [0.3, 0.4) is 0 Å². The molecule has 0 saturated carbocycles. The summed E-state index contributed by atoms with van der Waals surface area (Å²) in [5.41, 5.74) is 2.60. The van der Waals surface area contributed by atoms with Crippen LogP contribution in [0.25, 0.3) is 11.0 Å². The van der Waals surface area contributed by atoms with Crippen molar-refractivity contribution in [2.75, 3.05) is 0 Å². The Morgan fingerprint density at radius 1 is 1.32 bits per heavy atom. The first-order valence-corrected chi connectivity index (χ1v) is 9.53. The zero-order valence-corrected chi connectivity index (χ0v) is 16.1. The Bertz CT molecular complexity index is 1090. The summed E-state index contributed by atoms with van der Waals surface area (Å²) in [6.45, 7) is 1.94. The predicted octanol–water partition coefficient (Wildman–Crippen LogP) is 3.41. The molecule has 28 heavy (non-hydrogen) atoms. The van der Waals surface area contributed by atoms with E-state index in [1.165, 1.54) is 0 Å². The molecule has 0 fully saturated rings. The Morgan fingerprint density at radius 3 is 2.93 bits per heavy atom. The van der Waals surface area contributed by atoms with Gasteiger partial charge in [-0.1, -0.05) is 17.7 Å². The monoisotopic (exact) mass is 398 g/mol. The number of benzene rings is 1. The van der Waals surface area contributed by atoms with E-state index in [0.717, 1.165) is 41.5 Å². The number of nitrogens with zero attached hydrogens (tertiary/aromatic N) is 1. The molecule has 0 saturated heterocycles. The molecule has 1 amide bonds. The zero-order chi connectivity index (χ0) is 19.7. The summed E-state index contributed by atoms with van der Waals surface area (Å²) in [6, 6.07) is 8.82. The van der Waals surface area contributed by atoms with Gasteiger partial charge in [-0.05, 0) is 49.9 Å². The van der Waals surface area contributed by atoms with Crippen molar-refractivity contribution >= 4 is 28.5 Å². The Balaban J connectivity index is 1.52. The number of hydrogen-bond donors (Lipinski definition) is 1. The normalized spacial score (nSPS) is 13.9. The van der Waals surface area contributed by atoms with Crippen LogP contribution < -0.4 is 15.7 Å². The molecule has 0 aliphatic heterocycles. The number of fused-ring (bicyclic) bond motifs is 3. The van der Waals surface area contributed by atoms with E-state index in [1.807, 2.05) is 18.2 Å². The molecule has 3 aromatic rings. The van der Waals surface area contributed by atoms with Gasteiger partial charge in [0.15, 0.2) is 6.10 Å². The number of rotatable bonds is 5. The SMILES string of the molecule is C[C@@H](Oc1cc2oc(=O)c3c(c2cc1Cl)CCC3)C(=O)NCc1ccccn1. The van der Waals surface area contributed by atoms with Crippen molar-refractivity contribution in [3.63, 3.8) is 0 Å². The number of carbonyl (C=O) groups excluding carboxylic acids is 1. The van der Waals surface area contributed by atoms with Gasteiger partial charge in [-0.3, -0.25) is 9.78 Å². The number of aromatic nitrogens is 1. The van der Waals surface area contributed by atoms with Crippen molar-refractivity contribution in [3.05, 3.63) is 68.8 Å². The molecule has 1 aromatic carbocycles. The molecule has 2 aromatic heterocycles. The third-order valence-corrected chi connectivity index (χ3v) is 5.16. The minimum atomic E-state index is -0.778. The van der Waals surface area contributed by atoms with Crippen LogP contribution in [0.15, 0.2) is 45.7 Å². The van der Waals surface area contributed by atoms with Gasteiger partial charge in [-0.15, -0.1) is 0 Å². The van der Waals surface area contributed by atoms with Crippen LogP contribution in [0.2, 0.25) is 5.02 Å². The number of ether oxygens (including phenoxy) is 1. The highest BCUT2D eigenvalue weighted by Crippen LogP contribution is 2.35. The number of hydrogen-bond acceptors (Lipinski definition) is 5. The van der Waals surface area contributed by atoms with Gasteiger partial charge in [-0.2, -0.15) is 0 Å². The second-order valence-electron chi connectivity index (χ2n) is 6.78. The molecular weight excluding hydrogens is 380 g/mol. The fourth-order valence-corrected chi connectivity index (χ4v) is 3.65. The van der Waals surface area contributed by atoms with Gasteiger partial charge in [0.2, 0.25) is 0 Å². The van der Waals surface area contributed by atoms with E-state index in [9.17, 15) is 9.59 Å². The van der Waals surface area contributed by atoms with E-state index in [2.05, 4.69) is 10.3 Å². The lowest BCUT2D eigenvalue weighted by atomic mass is 10.1. The number of carbonyl (C=O) groups is 1. The molecule has 1 aliphatic rings. The molecule has 6 nitrogen and oxygen atoms in total. The number of amides is 1. The summed E-state index contributed by atoms with van der Waals surface area (Å²) < 4.78 is 11.2. The number of aryl methyl sites for hydroxylation is 1. The Kier molecular flexibility index (Phi) is 5.05. The molecule has 1 aliphatic carbocycles. The maximum atomic E-state index is 12.3. The molecule has 1 atom stereocenters. The maximum absolute atomic E-state index is 12.3. The Morgan fingerprint density at radius 2 is 2.14 bits per heavy atom. The van der Waals surface area contributed by atoms with Crippen molar-refractivity contribution in [2.24, 2.45) is 0 Å².